The standard InChI is InChI=1S/C22H24N6O12S2.Na.H/c1-11(29)38-9-15-17(19(31)27(15)42(35,36)37)25-18(30)16(14-10-41-21(23)24-14)26-40-22(2,3)20(32)39-8-12-4-6-13(7-5-12)28(33)34;;/h4-7,10,15,17H,8-9H2,1-3H3,(H2,23,24)(H,25,30)(H,35,36,37);;/b26-16-;;. The van der Waals surface area contributed by atoms with Gasteiger partial charge in [0.05, 0.1) is 4.92 Å². The number of rotatable bonds is 12. The van der Waals surface area contributed by atoms with Gasteiger partial charge in [-0.2, -0.15) is 8.42 Å². The number of nitro groups is 1. The number of benzene rings is 1. The molecular formula is C22H25N6NaO12S2. The molecule has 1 aliphatic rings. The first kappa shape index (κ1) is 35.5. The minimum absolute atomic E-state index is 0. The van der Waals surface area contributed by atoms with Crippen molar-refractivity contribution in [3.05, 3.63) is 51.0 Å². The number of oxime groups is 1. The van der Waals surface area contributed by atoms with Crippen molar-refractivity contribution in [2.75, 3.05) is 12.3 Å². The quantitative estimate of drug-likeness (QED) is 0.0487. The molecule has 0 radical (unpaired) electrons. The molecule has 1 aromatic heterocycles. The topological polar surface area (TPSA) is 260 Å². The molecular weight excluding hydrogens is 627 g/mol. The Morgan fingerprint density at radius 1 is 1.26 bits per heavy atom. The summed E-state index contributed by atoms with van der Waals surface area (Å²) in [4.78, 5) is 68.9. The molecule has 18 nitrogen and oxygen atoms in total. The van der Waals surface area contributed by atoms with Crippen molar-refractivity contribution in [2.24, 2.45) is 5.16 Å². The van der Waals surface area contributed by atoms with Crippen LogP contribution in [0.1, 0.15) is 32.0 Å². The van der Waals surface area contributed by atoms with Gasteiger partial charge < -0.3 is 25.4 Å². The Balaban J connectivity index is 0.00000645. The van der Waals surface area contributed by atoms with E-state index in [1.165, 1.54) is 43.5 Å². The summed E-state index contributed by atoms with van der Waals surface area (Å²) >= 11 is 0.925. The predicted molar refractivity (Wildman–Crippen MR) is 149 cm³/mol. The number of aromatic nitrogens is 1. The second-order valence-electron chi connectivity index (χ2n) is 9.05. The molecule has 228 valence electrons. The maximum absolute atomic E-state index is 13.2. The average Bonchev–Trinajstić information content (AvgIpc) is 3.32. The van der Waals surface area contributed by atoms with Crippen LogP contribution in [-0.4, -0.2) is 110 Å². The number of nitrogens with two attached hydrogens (primary N) is 1. The van der Waals surface area contributed by atoms with E-state index < -0.39 is 69.0 Å². The number of ether oxygens (including phenoxy) is 2. The Hall–Kier alpha value is -3.69. The fourth-order valence-electron chi connectivity index (χ4n) is 3.37. The Morgan fingerprint density at radius 3 is 2.40 bits per heavy atom. The number of β-lactam (4-membered cyclic amide) rings is 1. The molecule has 0 bridgehead atoms. The molecule has 2 unspecified atom stereocenters. The molecule has 2 aromatic rings. The number of esters is 2. The zero-order valence-corrected chi connectivity index (χ0v) is 23.7. The molecule has 4 N–H and O–H groups in total. The van der Waals surface area contributed by atoms with E-state index in [1.807, 2.05) is 0 Å². The molecule has 2 amide bonds. The van der Waals surface area contributed by atoms with E-state index in [2.05, 4.69) is 15.5 Å². The summed E-state index contributed by atoms with van der Waals surface area (Å²) < 4.78 is 42.5. The molecule has 1 fully saturated rings. The zero-order valence-electron chi connectivity index (χ0n) is 22.1. The van der Waals surface area contributed by atoms with Crippen molar-refractivity contribution in [1.29, 1.82) is 0 Å². The fraction of sp³-hybridized carbons (Fsp3) is 0.364. The van der Waals surface area contributed by atoms with Crippen molar-refractivity contribution < 1.29 is 51.4 Å². The van der Waals surface area contributed by atoms with Crippen LogP contribution in [0.2, 0.25) is 0 Å². The summed E-state index contributed by atoms with van der Waals surface area (Å²) in [6.07, 6.45) is 0. The second kappa shape index (κ2) is 14.2. The third-order valence-electron chi connectivity index (χ3n) is 5.52. The summed E-state index contributed by atoms with van der Waals surface area (Å²) in [5.74, 6) is -4.08. The normalized spacial score (nSPS) is 16.8. The number of hydrogen-bond acceptors (Lipinski definition) is 15. The molecule has 1 aliphatic heterocycles. The summed E-state index contributed by atoms with van der Waals surface area (Å²) in [6.45, 7) is 2.63. The van der Waals surface area contributed by atoms with E-state index >= 15 is 0 Å². The summed E-state index contributed by atoms with van der Waals surface area (Å²) in [5, 5.41) is 18.1. The van der Waals surface area contributed by atoms with Crippen molar-refractivity contribution in [2.45, 2.75) is 45.1 Å². The number of nitro benzene ring substituents is 1. The monoisotopic (exact) mass is 652 g/mol. The van der Waals surface area contributed by atoms with Gasteiger partial charge in [0.25, 0.3) is 17.5 Å². The Labute approximate surface area is 269 Å². The first-order valence-electron chi connectivity index (χ1n) is 11.6. The number of nitrogen functional groups attached to an aromatic ring is 1. The van der Waals surface area contributed by atoms with Gasteiger partial charge in [-0.15, -0.1) is 11.3 Å². The number of nitrogens with one attached hydrogen (secondary N) is 1. The van der Waals surface area contributed by atoms with Crippen LogP contribution < -0.4 is 11.1 Å². The van der Waals surface area contributed by atoms with Crippen LogP contribution in [0.4, 0.5) is 10.8 Å². The SMILES string of the molecule is CC(=O)OCC1C(NC(=O)/C(=N\OC(C)(C)C(=O)OCc2ccc([N+](=O)[O-])cc2)c2csc(N)n2)C(=O)N1S(=O)(=O)O.[NaH]. The first-order valence-corrected chi connectivity index (χ1v) is 13.9. The number of hydrogen-bond donors (Lipinski definition) is 3. The van der Waals surface area contributed by atoms with E-state index in [9.17, 15) is 42.3 Å². The van der Waals surface area contributed by atoms with Crippen LogP contribution in [0.5, 0.6) is 0 Å². The molecule has 0 aliphatic carbocycles. The number of amides is 2. The average molecular weight is 653 g/mol. The zero-order chi connectivity index (χ0) is 31.4. The van der Waals surface area contributed by atoms with E-state index in [0.29, 0.717) is 5.56 Å². The number of non-ortho nitro benzene ring substituents is 1. The van der Waals surface area contributed by atoms with Gasteiger partial charge in [-0.3, -0.25) is 29.1 Å². The molecule has 3 rings (SSSR count). The van der Waals surface area contributed by atoms with E-state index in [-0.39, 0.29) is 57.0 Å². The molecule has 21 heteroatoms. The second-order valence-corrected chi connectivity index (χ2v) is 11.2. The van der Waals surface area contributed by atoms with Crippen molar-refractivity contribution in [1.82, 2.24) is 14.6 Å². The van der Waals surface area contributed by atoms with Gasteiger partial charge in [0.2, 0.25) is 5.60 Å². The minimum atomic E-state index is -5.04. The van der Waals surface area contributed by atoms with Gasteiger partial charge in [0.15, 0.2) is 10.8 Å². The number of nitrogens with zero attached hydrogens (tertiary/aromatic N) is 4. The van der Waals surface area contributed by atoms with Crippen LogP contribution in [0.3, 0.4) is 0 Å². The number of carbonyl (C=O) groups excluding carboxylic acids is 4. The van der Waals surface area contributed by atoms with Gasteiger partial charge >= 0.3 is 51.8 Å². The fourth-order valence-corrected chi connectivity index (χ4v) is 4.79. The molecule has 2 heterocycles. The molecule has 2 atom stereocenters. The van der Waals surface area contributed by atoms with Gasteiger partial charge in [-0.1, -0.05) is 5.16 Å². The Morgan fingerprint density at radius 2 is 1.88 bits per heavy atom. The van der Waals surface area contributed by atoms with Gasteiger partial charge in [-0.05, 0) is 31.5 Å². The van der Waals surface area contributed by atoms with Crippen LogP contribution in [-0.2, 0) is 50.4 Å². The summed E-state index contributed by atoms with van der Waals surface area (Å²) in [6, 6.07) is 2.21. The van der Waals surface area contributed by atoms with Crippen molar-refractivity contribution >= 4 is 91.5 Å². The summed E-state index contributed by atoms with van der Waals surface area (Å²) in [7, 11) is -5.04. The van der Waals surface area contributed by atoms with Crippen LogP contribution in [0.15, 0.2) is 34.8 Å². The van der Waals surface area contributed by atoms with Crippen LogP contribution in [0.25, 0.3) is 0 Å². The number of thiazole rings is 1. The van der Waals surface area contributed by atoms with Gasteiger partial charge in [-0.25, -0.2) is 14.1 Å². The third-order valence-corrected chi connectivity index (χ3v) is 7.14. The Bertz CT molecular complexity index is 1540. The molecule has 1 saturated heterocycles. The summed E-state index contributed by atoms with van der Waals surface area (Å²) in [5.41, 5.74) is 3.46. The molecule has 0 spiro atoms. The van der Waals surface area contributed by atoms with Crippen LogP contribution in [0, 0.1) is 10.1 Å². The maximum atomic E-state index is 13.2. The van der Waals surface area contributed by atoms with E-state index in [4.69, 9.17) is 20.0 Å². The van der Waals surface area contributed by atoms with Crippen molar-refractivity contribution in [3.8, 4) is 0 Å². The molecule has 43 heavy (non-hydrogen) atoms. The molecule has 0 saturated carbocycles. The predicted octanol–water partition coefficient (Wildman–Crippen LogP) is -0.711. The third kappa shape index (κ3) is 8.91. The van der Waals surface area contributed by atoms with Crippen molar-refractivity contribution in [3.63, 3.8) is 0 Å². The molecule has 1 aromatic carbocycles. The van der Waals surface area contributed by atoms with Crippen LogP contribution >= 0.6 is 11.3 Å². The van der Waals surface area contributed by atoms with Gasteiger partial charge in [0, 0.05) is 24.4 Å². The number of carbonyl (C=O) groups is 4. The first-order chi connectivity index (χ1) is 19.5. The Kier molecular flexibility index (Phi) is 11.7. The van der Waals surface area contributed by atoms with E-state index in [1.54, 1.807) is 0 Å². The number of anilines is 1. The van der Waals surface area contributed by atoms with Gasteiger partial charge in [0.1, 0.15) is 31.0 Å². The van der Waals surface area contributed by atoms with E-state index in [0.717, 1.165) is 18.3 Å².